The summed E-state index contributed by atoms with van der Waals surface area (Å²) in [5.74, 6) is 0. The maximum atomic E-state index is 13.2. The summed E-state index contributed by atoms with van der Waals surface area (Å²) in [4.78, 5) is 21.5. The molecule has 0 saturated carbocycles. The second-order valence-electron chi connectivity index (χ2n) is 7.14. The maximum absolute atomic E-state index is 13.2. The van der Waals surface area contributed by atoms with Gasteiger partial charge in [0.2, 0.25) is 0 Å². The molecule has 2 N–H and O–H groups in total. The number of carbonyl (C=O) groups is 1. The van der Waals surface area contributed by atoms with E-state index in [0.717, 1.165) is 22.9 Å². The van der Waals surface area contributed by atoms with Crippen molar-refractivity contribution in [3.8, 4) is 0 Å². The van der Waals surface area contributed by atoms with E-state index in [1.54, 1.807) is 6.26 Å². The van der Waals surface area contributed by atoms with Crippen molar-refractivity contribution < 1.29 is 45.9 Å². The highest BCUT2D eigenvalue weighted by molar-refractivity contribution is 7.98. The number of carbonyl (C=O) groups excluding carboxylic acids is 1. The van der Waals surface area contributed by atoms with Crippen LogP contribution in [-0.2, 0) is 23.6 Å². The average molecular weight is 495 g/mol. The molecule has 15 heteroatoms. The molecule has 1 aliphatic heterocycles. The molecule has 2 heterocycles. The van der Waals surface area contributed by atoms with E-state index in [0.29, 0.717) is 12.1 Å². The Morgan fingerprint density at radius 2 is 1.70 bits per heavy atom. The molecule has 0 aliphatic carbocycles. The lowest BCUT2D eigenvalue weighted by atomic mass is 9.80. The van der Waals surface area contributed by atoms with E-state index in [4.69, 9.17) is 4.74 Å². The highest BCUT2D eigenvalue weighted by Crippen LogP contribution is 2.40. The largest absolute Gasteiger partial charge is 0.491 e. The summed E-state index contributed by atoms with van der Waals surface area (Å²) in [7, 11) is -1.97. The highest BCUT2D eigenvalue weighted by atomic mass is 32.2. The van der Waals surface area contributed by atoms with Gasteiger partial charge in [0, 0.05) is 11.7 Å². The molecule has 7 nitrogen and oxygen atoms in total. The van der Waals surface area contributed by atoms with E-state index in [9.17, 15) is 41.2 Å². The minimum absolute atomic E-state index is 0.0115. The van der Waals surface area contributed by atoms with Crippen molar-refractivity contribution in [2.75, 3.05) is 6.26 Å². The fourth-order valence-corrected chi connectivity index (χ4v) is 3.67. The summed E-state index contributed by atoms with van der Waals surface area (Å²) in [6, 6.07) is 0.000220. The molecular formula is C18H16BF6N3O4S. The maximum Gasteiger partial charge on any atom is 0.491 e. The lowest BCUT2D eigenvalue weighted by Crippen LogP contribution is -2.39. The molecule has 3 rings (SSSR count). The van der Waals surface area contributed by atoms with Crippen molar-refractivity contribution >= 4 is 30.4 Å². The molecule has 1 amide bonds. The Hall–Kier alpha value is -2.52. The molecule has 33 heavy (non-hydrogen) atoms. The number of thioether (sulfide) groups is 1. The van der Waals surface area contributed by atoms with Crippen molar-refractivity contribution in [1.82, 2.24) is 14.9 Å². The highest BCUT2D eigenvalue weighted by Gasteiger charge is 2.43. The number of hydrogen-bond acceptors (Lipinski definition) is 7. The topological polar surface area (TPSA) is 95.8 Å². The number of aromatic nitrogens is 2. The zero-order valence-electron chi connectivity index (χ0n) is 17.0. The summed E-state index contributed by atoms with van der Waals surface area (Å²) in [6.45, 7) is 1.04. The molecule has 1 aromatic carbocycles. The summed E-state index contributed by atoms with van der Waals surface area (Å²) in [6.07, 6.45) is -9.76. The molecule has 1 fully saturated rings. The summed E-state index contributed by atoms with van der Waals surface area (Å²) in [5, 5.41) is 19.3. The quantitative estimate of drug-likeness (QED) is 0.285. The van der Waals surface area contributed by atoms with Crippen LogP contribution < -0.4 is 5.46 Å². The fourth-order valence-electron chi connectivity index (χ4n) is 3.31. The number of nitrogens with zero attached hydrogens (tertiary/aromatic N) is 3. The molecule has 1 saturated heterocycles. The molecule has 2 atom stereocenters. The van der Waals surface area contributed by atoms with Gasteiger partial charge in [0.05, 0.1) is 29.4 Å². The predicted molar refractivity (Wildman–Crippen MR) is 104 cm³/mol. The Morgan fingerprint density at radius 3 is 2.18 bits per heavy atom. The number of benzene rings is 1. The van der Waals surface area contributed by atoms with Crippen LogP contribution in [0.3, 0.4) is 0 Å². The second-order valence-corrected chi connectivity index (χ2v) is 7.92. The molecule has 2 aromatic rings. The monoisotopic (exact) mass is 495 g/mol. The van der Waals surface area contributed by atoms with Gasteiger partial charge in [-0.3, -0.25) is 4.90 Å². The first-order chi connectivity index (χ1) is 15.2. The molecule has 0 spiro atoms. The van der Waals surface area contributed by atoms with Gasteiger partial charge in [-0.05, 0) is 36.9 Å². The van der Waals surface area contributed by atoms with E-state index in [1.165, 1.54) is 6.92 Å². The lowest BCUT2D eigenvalue weighted by Gasteiger charge is -2.23. The van der Waals surface area contributed by atoms with Crippen molar-refractivity contribution in [3.05, 3.63) is 46.8 Å². The van der Waals surface area contributed by atoms with Crippen LogP contribution in [0.2, 0.25) is 0 Å². The third-order valence-electron chi connectivity index (χ3n) is 4.99. The standard InChI is InChI=1S/C18H16BF6N3O4S/c1-8-14(9-3-10(17(20,21)22)5-11(4-9)18(23,24)25)32-16(29)28(8)7-13-12(19(30)31)6-26-15(27-13)33-2/h3-6,8,14,30-31H,7H2,1-2H3/t8-,14-/m0/s1. The Kier molecular flexibility index (Phi) is 6.87. The smallest absolute Gasteiger partial charge is 0.439 e. The van der Waals surface area contributed by atoms with Crippen molar-refractivity contribution in [2.45, 2.75) is 43.1 Å². The Bertz CT molecular complexity index is 1020. The molecule has 0 bridgehead atoms. The molecule has 1 aromatic heterocycles. The number of hydrogen-bond donors (Lipinski definition) is 2. The van der Waals surface area contributed by atoms with Gasteiger partial charge in [0.15, 0.2) is 5.16 Å². The van der Waals surface area contributed by atoms with Crippen LogP contribution >= 0.6 is 11.8 Å². The first-order valence-corrected chi connectivity index (χ1v) is 10.5. The van der Waals surface area contributed by atoms with Gasteiger partial charge in [0.25, 0.3) is 0 Å². The zero-order valence-corrected chi connectivity index (χ0v) is 17.8. The van der Waals surface area contributed by atoms with E-state index < -0.39 is 54.4 Å². The first kappa shape index (κ1) is 25.1. The third-order valence-corrected chi connectivity index (χ3v) is 5.55. The Labute approximate surface area is 187 Å². The van der Waals surface area contributed by atoms with Crippen LogP contribution in [0.25, 0.3) is 0 Å². The molecular weight excluding hydrogens is 479 g/mol. The summed E-state index contributed by atoms with van der Waals surface area (Å²) >= 11 is 1.13. The van der Waals surface area contributed by atoms with Gasteiger partial charge in [0.1, 0.15) is 6.10 Å². The first-order valence-electron chi connectivity index (χ1n) is 9.25. The normalized spacial score (nSPS) is 19.1. The Balaban J connectivity index is 1.98. The minimum atomic E-state index is -5.05. The SMILES string of the molecule is CSc1ncc(B(O)O)c(CN2C(=O)O[C@H](c3cc(C(F)(F)F)cc(C(F)(F)F)c3)[C@@H]2C)n1. The van der Waals surface area contributed by atoms with Crippen molar-refractivity contribution in [1.29, 1.82) is 0 Å². The zero-order chi connectivity index (χ0) is 24.7. The van der Waals surface area contributed by atoms with Gasteiger partial charge in [-0.15, -0.1) is 0 Å². The number of cyclic esters (lactones) is 1. The molecule has 178 valence electrons. The number of alkyl halides is 6. The lowest BCUT2D eigenvalue weighted by molar-refractivity contribution is -0.143. The molecule has 0 unspecified atom stereocenters. The van der Waals surface area contributed by atoms with E-state index in [-0.39, 0.29) is 28.9 Å². The van der Waals surface area contributed by atoms with Crippen LogP contribution in [0.1, 0.15) is 35.4 Å². The Morgan fingerprint density at radius 1 is 1.12 bits per heavy atom. The fraction of sp³-hybridized carbons (Fsp3) is 0.389. The van der Waals surface area contributed by atoms with Crippen LogP contribution in [-0.4, -0.2) is 50.4 Å². The number of amides is 1. The van der Waals surface area contributed by atoms with Gasteiger partial charge < -0.3 is 14.8 Å². The average Bonchev–Trinajstić information content (AvgIpc) is 3.00. The summed E-state index contributed by atoms with van der Waals surface area (Å²) < 4.78 is 84.3. The summed E-state index contributed by atoms with van der Waals surface area (Å²) in [5.41, 5.74) is -3.61. The van der Waals surface area contributed by atoms with Crippen LogP contribution in [0.15, 0.2) is 29.6 Å². The third kappa shape index (κ3) is 5.36. The van der Waals surface area contributed by atoms with Crippen molar-refractivity contribution in [2.24, 2.45) is 0 Å². The van der Waals surface area contributed by atoms with Gasteiger partial charge in [-0.1, -0.05) is 11.8 Å². The molecule has 0 radical (unpaired) electrons. The van der Waals surface area contributed by atoms with Crippen LogP contribution in [0.4, 0.5) is 31.1 Å². The number of halogens is 6. The van der Waals surface area contributed by atoms with Crippen molar-refractivity contribution in [3.63, 3.8) is 0 Å². The van der Waals surface area contributed by atoms with Gasteiger partial charge >= 0.3 is 25.6 Å². The van der Waals surface area contributed by atoms with Gasteiger partial charge in [-0.2, -0.15) is 26.3 Å². The van der Waals surface area contributed by atoms with Crippen LogP contribution in [0.5, 0.6) is 0 Å². The van der Waals surface area contributed by atoms with Gasteiger partial charge in [-0.25, -0.2) is 14.8 Å². The van der Waals surface area contributed by atoms with E-state index >= 15 is 0 Å². The van der Waals surface area contributed by atoms with Crippen LogP contribution in [0, 0.1) is 0 Å². The van der Waals surface area contributed by atoms with E-state index in [1.807, 2.05) is 0 Å². The predicted octanol–water partition coefficient (Wildman–Crippen LogP) is 3.00. The number of ether oxygens (including phenoxy) is 1. The van der Waals surface area contributed by atoms with E-state index in [2.05, 4.69) is 9.97 Å². The minimum Gasteiger partial charge on any atom is -0.439 e. The number of rotatable bonds is 5. The second kappa shape index (κ2) is 9.03. The molecule has 1 aliphatic rings.